The SMILES string of the molecule is O=C(CCCn1cnc2ccccc2c1=O)NNC(=O)c1cccc(O)c1. The van der Waals surface area contributed by atoms with Crippen LogP contribution in [-0.4, -0.2) is 26.5 Å². The number of aryl methyl sites for hydroxylation is 1. The number of hydrazine groups is 1. The minimum Gasteiger partial charge on any atom is -0.508 e. The second-order valence-corrected chi connectivity index (χ2v) is 5.92. The van der Waals surface area contributed by atoms with Gasteiger partial charge in [-0.3, -0.25) is 29.8 Å². The van der Waals surface area contributed by atoms with Crippen molar-refractivity contribution in [1.29, 1.82) is 0 Å². The molecule has 0 atom stereocenters. The molecule has 0 aliphatic carbocycles. The zero-order valence-corrected chi connectivity index (χ0v) is 14.4. The summed E-state index contributed by atoms with van der Waals surface area (Å²) in [6.45, 7) is 0.338. The van der Waals surface area contributed by atoms with E-state index in [0.717, 1.165) is 0 Å². The first kappa shape index (κ1) is 18.1. The van der Waals surface area contributed by atoms with Gasteiger partial charge in [0.1, 0.15) is 5.75 Å². The highest BCUT2D eigenvalue weighted by Gasteiger charge is 2.09. The number of phenolic OH excluding ortho intramolecular Hbond substituents is 1. The van der Waals surface area contributed by atoms with Crippen LogP contribution in [0.25, 0.3) is 10.9 Å². The zero-order chi connectivity index (χ0) is 19.2. The van der Waals surface area contributed by atoms with Gasteiger partial charge in [0, 0.05) is 18.5 Å². The van der Waals surface area contributed by atoms with Gasteiger partial charge in [0.05, 0.1) is 17.2 Å². The van der Waals surface area contributed by atoms with Crippen LogP contribution in [0.2, 0.25) is 0 Å². The molecule has 1 aromatic heterocycles. The largest absolute Gasteiger partial charge is 0.508 e. The molecule has 0 saturated heterocycles. The highest BCUT2D eigenvalue weighted by atomic mass is 16.3. The van der Waals surface area contributed by atoms with Gasteiger partial charge in [-0.25, -0.2) is 4.98 Å². The molecule has 0 fully saturated rings. The Morgan fingerprint density at radius 2 is 1.89 bits per heavy atom. The number of fused-ring (bicyclic) bond motifs is 1. The number of nitrogens with zero attached hydrogens (tertiary/aromatic N) is 2. The topological polar surface area (TPSA) is 113 Å². The average molecular weight is 366 g/mol. The van der Waals surface area contributed by atoms with E-state index in [1.165, 1.54) is 35.2 Å². The highest BCUT2D eigenvalue weighted by molar-refractivity contribution is 5.95. The molecule has 0 spiro atoms. The normalized spacial score (nSPS) is 10.5. The Kier molecular flexibility index (Phi) is 5.46. The van der Waals surface area contributed by atoms with E-state index in [2.05, 4.69) is 15.8 Å². The number of carbonyl (C=O) groups is 2. The lowest BCUT2D eigenvalue weighted by Crippen LogP contribution is -2.41. The molecule has 0 saturated carbocycles. The molecule has 0 unspecified atom stereocenters. The summed E-state index contributed by atoms with van der Waals surface area (Å²) in [6, 6.07) is 12.8. The molecule has 0 aliphatic rings. The molecule has 2 aromatic carbocycles. The lowest BCUT2D eigenvalue weighted by atomic mass is 10.2. The quantitative estimate of drug-likeness (QED) is 0.590. The number of aromatic hydroxyl groups is 1. The zero-order valence-electron chi connectivity index (χ0n) is 14.4. The van der Waals surface area contributed by atoms with E-state index >= 15 is 0 Å². The number of carbonyl (C=O) groups excluding carboxylic acids is 2. The van der Waals surface area contributed by atoms with Crippen molar-refractivity contribution in [2.75, 3.05) is 0 Å². The van der Waals surface area contributed by atoms with Gasteiger partial charge in [0.15, 0.2) is 0 Å². The Bertz CT molecular complexity index is 1050. The second kappa shape index (κ2) is 8.13. The molecule has 3 aromatic rings. The smallest absolute Gasteiger partial charge is 0.269 e. The summed E-state index contributed by atoms with van der Waals surface area (Å²) in [5, 5.41) is 9.88. The van der Waals surface area contributed by atoms with Crippen LogP contribution < -0.4 is 16.4 Å². The molecular formula is C19H18N4O4. The van der Waals surface area contributed by atoms with E-state index in [0.29, 0.717) is 23.9 Å². The van der Waals surface area contributed by atoms with E-state index in [-0.39, 0.29) is 29.2 Å². The van der Waals surface area contributed by atoms with Gasteiger partial charge >= 0.3 is 0 Å². The number of nitrogens with one attached hydrogen (secondary N) is 2. The summed E-state index contributed by atoms with van der Waals surface area (Å²) in [5.74, 6) is -0.956. The first-order chi connectivity index (χ1) is 13.0. The van der Waals surface area contributed by atoms with Crippen LogP contribution in [-0.2, 0) is 11.3 Å². The van der Waals surface area contributed by atoms with Gasteiger partial charge < -0.3 is 5.11 Å². The van der Waals surface area contributed by atoms with Crippen LogP contribution in [0.15, 0.2) is 59.7 Å². The molecule has 27 heavy (non-hydrogen) atoms. The Morgan fingerprint density at radius 3 is 2.70 bits per heavy atom. The molecule has 1 heterocycles. The lowest BCUT2D eigenvalue weighted by molar-refractivity contribution is -0.122. The predicted molar refractivity (Wildman–Crippen MR) is 99.0 cm³/mol. The lowest BCUT2D eigenvalue weighted by Gasteiger charge is -2.09. The van der Waals surface area contributed by atoms with E-state index in [1.54, 1.807) is 18.2 Å². The number of aromatic nitrogens is 2. The predicted octanol–water partition coefficient (Wildman–Crippen LogP) is 1.34. The Labute approximate surface area is 154 Å². The van der Waals surface area contributed by atoms with E-state index < -0.39 is 5.91 Å². The molecule has 8 nitrogen and oxygen atoms in total. The Hall–Kier alpha value is -3.68. The van der Waals surface area contributed by atoms with E-state index in [9.17, 15) is 19.5 Å². The summed E-state index contributed by atoms with van der Waals surface area (Å²) in [6.07, 6.45) is 2.00. The Morgan fingerprint density at radius 1 is 1.07 bits per heavy atom. The standard InChI is InChI=1S/C19H18N4O4/c24-14-6-3-5-13(11-14)18(26)22-21-17(25)9-4-10-23-12-20-16-8-2-1-7-15(16)19(23)27/h1-3,5-8,11-12,24H,4,9-10H2,(H,21,25)(H,22,26). The van der Waals surface area contributed by atoms with E-state index in [1.807, 2.05) is 6.07 Å². The van der Waals surface area contributed by atoms with Crippen molar-refractivity contribution in [2.45, 2.75) is 19.4 Å². The first-order valence-corrected chi connectivity index (χ1v) is 8.37. The minimum absolute atomic E-state index is 0.0385. The van der Waals surface area contributed by atoms with Crippen molar-refractivity contribution in [3.8, 4) is 5.75 Å². The van der Waals surface area contributed by atoms with Crippen molar-refractivity contribution in [3.63, 3.8) is 0 Å². The average Bonchev–Trinajstić information content (AvgIpc) is 2.68. The molecule has 0 bridgehead atoms. The number of para-hydroxylation sites is 1. The second-order valence-electron chi connectivity index (χ2n) is 5.92. The van der Waals surface area contributed by atoms with Crippen LogP contribution in [0.3, 0.4) is 0 Å². The summed E-state index contributed by atoms with van der Waals surface area (Å²) in [7, 11) is 0. The van der Waals surface area contributed by atoms with Crippen molar-refractivity contribution < 1.29 is 14.7 Å². The van der Waals surface area contributed by atoms with Crippen molar-refractivity contribution in [3.05, 3.63) is 70.8 Å². The van der Waals surface area contributed by atoms with Gasteiger partial charge in [0.2, 0.25) is 5.91 Å². The fraction of sp³-hybridized carbons (Fsp3) is 0.158. The van der Waals surface area contributed by atoms with Crippen LogP contribution >= 0.6 is 0 Å². The van der Waals surface area contributed by atoms with Gasteiger partial charge in [-0.1, -0.05) is 18.2 Å². The minimum atomic E-state index is -0.533. The number of hydrogen-bond acceptors (Lipinski definition) is 5. The number of benzene rings is 2. The monoisotopic (exact) mass is 366 g/mol. The summed E-state index contributed by atoms with van der Waals surface area (Å²) >= 11 is 0. The molecule has 3 N–H and O–H groups in total. The summed E-state index contributed by atoms with van der Waals surface area (Å²) < 4.78 is 1.46. The number of phenols is 1. The number of amides is 2. The maximum Gasteiger partial charge on any atom is 0.269 e. The van der Waals surface area contributed by atoms with Crippen molar-refractivity contribution in [2.24, 2.45) is 0 Å². The van der Waals surface area contributed by atoms with Crippen molar-refractivity contribution >= 4 is 22.7 Å². The fourth-order valence-electron chi connectivity index (χ4n) is 2.58. The third-order valence-corrected chi connectivity index (χ3v) is 3.96. The maximum atomic E-state index is 12.3. The fourth-order valence-corrected chi connectivity index (χ4v) is 2.58. The van der Waals surface area contributed by atoms with Crippen LogP contribution in [0.1, 0.15) is 23.2 Å². The number of rotatable bonds is 5. The summed E-state index contributed by atoms with van der Waals surface area (Å²) in [4.78, 5) is 40.3. The highest BCUT2D eigenvalue weighted by Crippen LogP contribution is 2.10. The van der Waals surface area contributed by atoms with Crippen LogP contribution in [0.4, 0.5) is 0 Å². The molecule has 2 amide bonds. The molecule has 138 valence electrons. The molecule has 0 aliphatic heterocycles. The van der Waals surface area contributed by atoms with E-state index in [4.69, 9.17) is 0 Å². The van der Waals surface area contributed by atoms with Crippen LogP contribution in [0.5, 0.6) is 5.75 Å². The van der Waals surface area contributed by atoms with Gasteiger partial charge in [-0.15, -0.1) is 0 Å². The third kappa shape index (κ3) is 4.49. The molecule has 3 rings (SSSR count). The third-order valence-electron chi connectivity index (χ3n) is 3.96. The first-order valence-electron chi connectivity index (χ1n) is 8.37. The van der Waals surface area contributed by atoms with Gasteiger partial charge in [-0.2, -0.15) is 0 Å². The molecular weight excluding hydrogens is 348 g/mol. The van der Waals surface area contributed by atoms with Crippen molar-refractivity contribution in [1.82, 2.24) is 20.4 Å². The van der Waals surface area contributed by atoms with Gasteiger partial charge in [-0.05, 0) is 36.8 Å². The molecule has 0 radical (unpaired) electrons. The maximum absolute atomic E-state index is 12.3. The molecule has 8 heteroatoms. The van der Waals surface area contributed by atoms with Gasteiger partial charge in [0.25, 0.3) is 11.5 Å². The summed E-state index contributed by atoms with van der Waals surface area (Å²) in [5.41, 5.74) is 5.29. The Balaban J connectivity index is 1.49. The number of hydrogen-bond donors (Lipinski definition) is 3. The van der Waals surface area contributed by atoms with Crippen LogP contribution in [0, 0.1) is 0 Å².